The van der Waals surface area contributed by atoms with Crippen molar-refractivity contribution in [2.24, 2.45) is 0 Å². The maximum atomic E-state index is 11.5. The second-order valence-electron chi connectivity index (χ2n) is 6.42. The molecule has 0 saturated carbocycles. The van der Waals surface area contributed by atoms with Crippen LogP contribution in [0.4, 0.5) is 4.79 Å². The van der Waals surface area contributed by atoms with Crippen molar-refractivity contribution in [2.45, 2.75) is 19.4 Å². The number of rotatable bonds is 6. The Hall–Kier alpha value is -3.15. The van der Waals surface area contributed by atoms with Gasteiger partial charge in [0.2, 0.25) is 0 Å². The minimum Gasteiger partial charge on any atom is -0.385 e. The Morgan fingerprint density at radius 3 is 3.04 bits per heavy atom. The topological polar surface area (TPSA) is 68.4 Å². The van der Waals surface area contributed by atoms with E-state index < -0.39 is 0 Å². The summed E-state index contributed by atoms with van der Waals surface area (Å²) in [7, 11) is 1.99. The highest BCUT2D eigenvalue weighted by atomic mass is 16.2. The molecule has 26 heavy (non-hydrogen) atoms. The molecule has 0 aromatic rings. The molecule has 3 rings (SSSR count). The number of dihydropyridines is 1. The average molecular weight is 351 g/mol. The number of carbonyl (C=O) groups excluding carboxylic acids is 1. The molecule has 1 fully saturated rings. The van der Waals surface area contributed by atoms with Crippen LogP contribution < -0.4 is 21.4 Å². The number of urea groups is 1. The van der Waals surface area contributed by atoms with Crippen LogP contribution >= 0.6 is 0 Å². The van der Waals surface area contributed by atoms with Gasteiger partial charge in [-0.05, 0) is 42.7 Å². The average Bonchev–Trinajstić information content (AvgIpc) is 3.01. The zero-order valence-electron chi connectivity index (χ0n) is 15.2. The summed E-state index contributed by atoms with van der Waals surface area (Å²) in [5, 5.41) is 11.1. The molecule has 6 nitrogen and oxygen atoms in total. The third-order valence-electron chi connectivity index (χ3n) is 4.50. The molecule has 0 bridgehead atoms. The summed E-state index contributed by atoms with van der Waals surface area (Å²) in [6, 6.07) is -0.0847. The summed E-state index contributed by atoms with van der Waals surface area (Å²) in [5.74, 6) is 0. The molecule has 0 spiro atoms. The summed E-state index contributed by atoms with van der Waals surface area (Å²) in [6.07, 6.45) is 16.6. The molecule has 136 valence electrons. The number of nitrogens with one attached hydrogen (secondary N) is 4. The molecular weight excluding hydrogens is 326 g/mol. The SMILES string of the molecule is C=C/C=C\C=C(/C)N(C)NC1=CC(C2=CC=C3NC(=O)NC3C2)=CNC1. The third-order valence-corrected chi connectivity index (χ3v) is 4.50. The summed E-state index contributed by atoms with van der Waals surface area (Å²) in [4.78, 5) is 11.5. The summed E-state index contributed by atoms with van der Waals surface area (Å²) in [6.45, 7) is 6.44. The summed E-state index contributed by atoms with van der Waals surface area (Å²) in [5.41, 5.74) is 8.83. The maximum Gasteiger partial charge on any atom is 0.319 e. The van der Waals surface area contributed by atoms with E-state index in [-0.39, 0.29) is 12.1 Å². The molecule has 4 N–H and O–H groups in total. The van der Waals surface area contributed by atoms with Crippen LogP contribution in [-0.2, 0) is 0 Å². The number of fused-ring (bicyclic) bond motifs is 1. The lowest BCUT2D eigenvalue weighted by atomic mass is 9.92. The number of amides is 2. The lowest BCUT2D eigenvalue weighted by Gasteiger charge is -2.27. The van der Waals surface area contributed by atoms with Gasteiger partial charge in [-0.3, -0.25) is 5.01 Å². The summed E-state index contributed by atoms with van der Waals surface area (Å²) < 4.78 is 0. The zero-order valence-corrected chi connectivity index (χ0v) is 15.2. The van der Waals surface area contributed by atoms with E-state index in [1.54, 1.807) is 6.08 Å². The maximum absolute atomic E-state index is 11.5. The zero-order chi connectivity index (χ0) is 18.5. The normalized spacial score (nSPS) is 22.2. The Labute approximate surface area is 154 Å². The molecule has 2 heterocycles. The van der Waals surface area contributed by atoms with Gasteiger partial charge in [-0.1, -0.05) is 30.9 Å². The lowest BCUT2D eigenvalue weighted by molar-refractivity contribution is 0.247. The number of hydrazine groups is 1. The van der Waals surface area contributed by atoms with Gasteiger partial charge in [-0.25, -0.2) is 4.79 Å². The molecule has 0 aromatic heterocycles. The third kappa shape index (κ3) is 4.08. The van der Waals surface area contributed by atoms with Gasteiger partial charge in [-0.2, -0.15) is 0 Å². The van der Waals surface area contributed by atoms with Gasteiger partial charge in [0.1, 0.15) is 0 Å². The van der Waals surface area contributed by atoms with Crippen molar-refractivity contribution >= 4 is 6.03 Å². The van der Waals surface area contributed by atoms with E-state index >= 15 is 0 Å². The molecule has 3 aliphatic rings. The Morgan fingerprint density at radius 1 is 1.38 bits per heavy atom. The van der Waals surface area contributed by atoms with Crippen LogP contribution in [-0.4, -0.2) is 30.7 Å². The molecule has 0 aromatic carbocycles. The molecule has 1 saturated heterocycles. The number of hydrogen-bond acceptors (Lipinski definition) is 4. The van der Waals surface area contributed by atoms with Gasteiger partial charge in [0.15, 0.2) is 0 Å². The van der Waals surface area contributed by atoms with Gasteiger partial charge < -0.3 is 21.4 Å². The number of allylic oxidation sites excluding steroid dienone is 9. The van der Waals surface area contributed by atoms with Crippen LogP contribution in [0.2, 0.25) is 0 Å². The van der Waals surface area contributed by atoms with E-state index in [9.17, 15) is 4.79 Å². The molecule has 6 heteroatoms. The van der Waals surface area contributed by atoms with Crippen molar-refractivity contribution in [3.05, 3.63) is 83.5 Å². The van der Waals surface area contributed by atoms with Crippen molar-refractivity contribution in [2.75, 3.05) is 13.6 Å². The fourth-order valence-electron chi connectivity index (χ4n) is 3.00. The molecule has 0 radical (unpaired) electrons. The highest BCUT2D eigenvalue weighted by molar-refractivity contribution is 5.81. The number of hydrogen-bond donors (Lipinski definition) is 4. The van der Waals surface area contributed by atoms with Gasteiger partial charge in [0.25, 0.3) is 0 Å². The summed E-state index contributed by atoms with van der Waals surface area (Å²) >= 11 is 0. The van der Waals surface area contributed by atoms with E-state index in [2.05, 4.69) is 40.1 Å². The van der Waals surface area contributed by atoms with Crippen LogP contribution in [0.5, 0.6) is 0 Å². The predicted molar refractivity (Wildman–Crippen MR) is 104 cm³/mol. The standard InChI is InChI=1S/C20H25N5O/c1-4-5-6-7-14(2)25(3)24-17-10-16(12-21-13-17)15-8-9-18-19(11-15)23-20(26)22-18/h4-10,12,19,21,24H,1,11,13H2,2-3H3,(H2,22,23,26)/b6-5-,14-7+. The van der Waals surface area contributed by atoms with Crippen molar-refractivity contribution in [3.8, 4) is 0 Å². The minimum atomic E-state index is -0.126. The molecule has 1 aliphatic carbocycles. The van der Waals surface area contributed by atoms with Gasteiger partial charge in [0, 0.05) is 24.6 Å². The second kappa shape index (κ2) is 7.82. The Balaban J connectivity index is 1.66. The van der Waals surface area contributed by atoms with Gasteiger partial charge in [0.05, 0.1) is 18.3 Å². The minimum absolute atomic E-state index is 0.0413. The number of carbonyl (C=O) groups is 1. The molecule has 1 unspecified atom stereocenters. The largest absolute Gasteiger partial charge is 0.385 e. The van der Waals surface area contributed by atoms with Gasteiger partial charge in [-0.15, -0.1) is 0 Å². The van der Waals surface area contributed by atoms with E-state index in [1.807, 2.05) is 49.5 Å². The highest BCUT2D eigenvalue weighted by Gasteiger charge is 2.29. The fourth-order valence-corrected chi connectivity index (χ4v) is 3.00. The van der Waals surface area contributed by atoms with Crippen LogP contribution in [0.15, 0.2) is 83.5 Å². The molecule has 1 atom stereocenters. The predicted octanol–water partition coefficient (Wildman–Crippen LogP) is 2.34. The van der Waals surface area contributed by atoms with Crippen LogP contribution in [0.3, 0.4) is 0 Å². The number of nitrogens with zero attached hydrogens (tertiary/aromatic N) is 1. The monoisotopic (exact) mass is 351 g/mol. The Morgan fingerprint density at radius 2 is 2.23 bits per heavy atom. The van der Waals surface area contributed by atoms with E-state index in [0.29, 0.717) is 0 Å². The van der Waals surface area contributed by atoms with E-state index in [4.69, 9.17) is 0 Å². The Bertz CT molecular complexity index is 782. The smallest absolute Gasteiger partial charge is 0.319 e. The second-order valence-corrected chi connectivity index (χ2v) is 6.42. The van der Waals surface area contributed by atoms with E-state index in [0.717, 1.165) is 35.6 Å². The molecule has 2 aliphatic heterocycles. The van der Waals surface area contributed by atoms with Crippen molar-refractivity contribution in [3.63, 3.8) is 0 Å². The first-order valence-corrected chi connectivity index (χ1v) is 8.66. The van der Waals surface area contributed by atoms with Crippen molar-refractivity contribution < 1.29 is 4.79 Å². The first kappa shape index (κ1) is 17.7. The first-order chi connectivity index (χ1) is 12.6. The lowest BCUT2D eigenvalue weighted by Crippen LogP contribution is -2.36. The molecular formula is C20H25N5O. The van der Waals surface area contributed by atoms with Crippen molar-refractivity contribution in [1.82, 2.24) is 26.4 Å². The van der Waals surface area contributed by atoms with E-state index in [1.165, 1.54) is 5.57 Å². The highest BCUT2D eigenvalue weighted by Crippen LogP contribution is 2.27. The fraction of sp³-hybridized carbons (Fsp3) is 0.250. The van der Waals surface area contributed by atoms with Crippen LogP contribution in [0, 0.1) is 0 Å². The first-order valence-electron chi connectivity index (χ1n) is 8.66. The quantitative estimate of drug-likeness (QED) is 0.438. The molecule has 2 amide bonds. The Kier molecular flexibility index (Phi) is 5.31. The van der Waals surface area contributed by atoms with Crippen molar-refractivity contribution in [1.29, 1.82) is 0 Å². The van der Waals surface area contributed by atoms with Crippen LogP contribution in [0.25, 0.3) is 0 Å². The van der Waals surface area contributed by atoms with Gasteiger partial charge >= 0.3 is 6.03 Å². The van der Waals surface area contributed by atoms with Crippen LogP contribution in [0.1, 0.15) is 13.3 Å².